The van der Waals surface area contributed by atoms with Crippen molar-refractivity contribution in [1.82, 2.24) is 10.3 Å². The van der Waals surface area contributed by atoms with Crippen molar-refractivity contribution >= 4 is 44.8 Å². The van der Waals surface area contributed by atoms with Crippen molar-refractivity contribution in [2.45, 2.75) is 13.0 Å². The Balaban J connectivity index is 1.71. The Bertz CT molecular complexity index is 921. The summed E-state index contributed by atoms with van der Waals surface area (Å²) in [6.07, 6.45) is 0.932. The van der Waals surface area contributed by atoms with Gasteiger partial charge in [0.1, 0.15) is 4.83 Å². The Morgan fingerprint density at radius 3 is 2.77 bits per heavy atom. The molecule has 0 aliphatic rings. The Kier molecular flexibility index (Phi) is 5.82. The van der Waals surface area contributed by atoms with Gasteiger partial charge in [0.2, 0.25) is 0 Å². The molecule has 0 saturated heterocycles. The molecule has 0 bridgehead atoms. The molecule has 3 rings (SSSR count). The minimum absolute atomic E-state index is 0.0451. The third-order valence-electron chi connectivity index (χ3n) is 3.58. The van der Waals surface area contributed by atoms with Crippen molar-refractivity contribution in [2.24, 2.45) is 0 Å². The smallest absolute Gasteiger partial charge is 0.349 e. The number of hydrogen-bond donors (Lipinski definition) is 3. The molecule has 3 heterocycles. The number of carbonyl (C=O) groups is 2. The second-order valence-corrected chi connectivity index (χ2v) is 7.24. The molecule has 3 N–H and O–H groups in total. The van der Waals surface area contributed by atoms with Crippen LogP contribution >= 0.6 is 22.7 Å². The molecule has 0 spiro atoms. The standard InChI is InChI=1S/C17H16N2O5S2/c20-13(21)8-24-14-12-2-1-11(19-16(12)26-15(14)17(22)23)7-18-5-3-10-4-6-25-9-10/h1-2,4,6,9,18H,3,5,7-8H2,(H,20,21)(H,22,23). The summed E-state index contributed by atoms with van der Waals surface area (Å²) in [6, 6.07) is 5.60. The third-order valence-corrected chi connectivity index (χ3v) is 5.38. The second-order valence-electron chi connectivity index (χ2n) is 5.46. The SMILES string of the molecule is O=C(O)COc1c(C(=O)O)sc2nc(CNCCc3ccsc3)ccc12. The zero-order valence-corrected chi connectivity index (χ0v) is 15.2. The molecule has 0 aromatic carbocycles. The number of nitrogens with zero attached hydrogens (tertiary/aromatic N) is 1. The summed E-state index contributed by atoms with van der Waals surface area (Å²) in [5, 5.41) is 26.0. The molecule has 9 heteroatoms. The first-order chi connectivity index (χ1) is 12.5. The van der Waals surface area contributed by atoms with E-state index in [4.69, 9.17) is 9.84 Å². The van der Waals surface area contributed by atoms with Gasteiger partial charge >= 0.3 is 11.9 Å². The number of carboxylic acid groups (broad SMARTS) is 2. The van der Waals surface area contributed by atoms with Crippen LogP contribution in [0.5, 0.6) is 5.75 Å². The molecule has 7 nitrogen and oxygen atoms in total. The molecule has 0 saturated carbocycles. The predicted molar refractivity (Wildman–Crippen MR) is 99.4 cm³/mol. The first-order valence-electron chi connectivity index (χ1n) is 7.76. The first kappa shape index (κ1) is 18.3. The molecule has 0 radical (unpaired) electrons. The summed E-state index contributed by atoms with van der Waals surface area (Å²) in [4.78, 5) is 27.0. The average molecular weight is 392 g/mol. The lowest BCUT2D eigenvalue weighted by Gasteiger charge is -2.05. The second kappa shape index (κ2) is 8.26. The fraction of sp³-hybridized carbons (Fsp3) is 0.235. The largest absolute Gasteiger partial charge is 0.479 e. The van der Waals surface area contributed by atoms with Crippen LogP contribution in [0.1, 0.15) is 20.9 Å². The number of aromatic nitrogens is 1. The monoisotopic (exact) mass is 392 g/mol. The molecule has 0 amide bonds. The van der Waals surface area contributed by atoms with Gasteiger partial charge in [-0.25, -0.2) is 14.6 Å². The summed E-state index contributed by atoms with van der Waals surface area (Å²) < 4.78 is 5.17. The first-order valence-corrected chi connectivity index (χ1v) is 9.52. The van der Waals surface area contributed by atoms with E-state index >= 15 is 0 Å². The maximum atomic E-state index is 11.4. The third kappa shape index (κ3) is 4.37. The number of rotatable bonds is 9. The summed E-state index contributed by atoms with van der Waals surface area (Å²) in [5.41, 5.74) is 2.07. The Labute approximate surface area is 156 Å². The lowest BCUT2D eigenvalue weighted by Crippen LogP contribution is -2.17. The van der Waals surface area contributed by atoms with Gasteiger partial charge in [-0.2, -0.15) is 11.3 Å². The molecule has 0 aliphatic heterocycles. The van der Waals surface area contributed by atoms with Gasteiger partial charge in [0.25, 0.3) is 0 Å². The number of hydrogen-bond acceptors (Lipinski definition) is 7. The highest BCUT2D eigenvalue weighted by Gasteiger charge is 2.21. The van der Waals surface area contributed by atoms with Crippen molar-refractivity contribution in [3.8, 4) is 5.75 Å². The number of fused-ring (bicyclic) bond motifs is 1. The van der Waals surface area contributed by atoms with E-state index in [2.05, 4.69) is 21.7 Å². The van der Waals surface area contributed by atoms with Gasteiger partial charge in [-0.05, 0) is 47.5 Å². The van der Waals surface area contributed by atoms with Gasteiger partial charge in [-0.3, -0.25) is 0 Å². The van der Waals surface area contributed by atoms with Gasteiger partial charge in [0, 0.05) is 6.54 Å². The molecular formula is C17H16N2O5S2. The van der Waals surface area contributed by atoms with Crippen molar-refractivity contribution in [1.29, 1.82) is 0 Å². The highest BCUT2D eigenvalue weighted by Crippen LogP contribution is 2.37. The number of ether oxygens (including phenoxy) is 1. The lowest BCUT2D eigenvalue weighted by atomic mass is 10.2. The van der Waals surface area contributed by atoms with Crippen LogP contribution in [-0.2, 0) is 17.8 Å². The van der Waals surface area contributed by atoms with Crippen LogP contribution in [0.4, 0.5) is 0 Å². The molecular weight excluding hydrogens is 376 g/mol. The van der Waals surface area contributed by atoms with Crippen LogP contribution in [0.2, 0.25) is 0 Å². The average Bonchev–Trinajstić information content (AvgIpc) is 3.24. The van der Waals surface area contributed by atoms with Gasteiger partial charge < -0.3 is 20.3 Å². The number of aliphatic carboxylic acids is 1. The van der Waals surface area contributed by atoms with E-state index in [0.717, 1.165) is 30.0 Å². The number of thiophene rings is 2. The van der Waals surface area contributed by atoms with Gasteiger partial charge in [-0.15, -0.1) is 11.3 Å². The van der Waals surface area contributed by atoms with E-state index in [1.54, 1.807) is 23.5 Å². The van der Waals surface area contributed by atoms with Crippen LogP contribution in [0.25, 0.3) is 10.2 Å². The van der Waals surface area contributed by atoms with Gasteiger partial charge in [0.15, 0.2) is 17.2 Å². The van der Waals surface area contributed by atoms with E-state index in [-0.39, 0.29) is 10.6 Å². The highest BCUT2D eigenvalue weighted by molar-refractivity contribution is 7.20. The quantitative estimate of drug-likeness (QED) is 0.481. The molecule has 136 valence electrons. The molecule has 3 aromatic rings. The summed E-state index contributed by atoms with van der Waals surface area (Å²) in [7, 11) is 0. The Morgan fingerprint density at radius 1 is 1.23 bits per heavy atom. The van der Waals surface area contributed by atoms with Crippen molar-refractivity contribution in [3.63, 3.8) is 0 Å². The maximum Gasteiger partial charge on any atom is 0.349 e. The van der Waals surface area contributed by atoms with Crippen LogP contribution in [0.3, 0.4) is 0 Å². The lowest BCUT2D eigenvalue weighted by molar-refractivity contribution is -0.139. The predicted octanol–water partition coefficient (Wildman–Crippen LogP) is 2.85. The van der Waals surface area contributed by atoms with Gasteiger partial charge in [-0.1, -0.05) is 0 Å². The van der Waals surface area contributed by atoms with Crippen molar-refractivity contribution < 1.29 is 24.5 Å². The molecule has 0 aliphatic carbocycles. The molecule has 0 fully saturated rings. The van der Waals surface area contributed by atoms with E-state index in [1.165, 1.54) is 5.56 Å². The fourth-order valence-electron chi connectivity index (χ4n) is 2.40. The van der Waals surface area contributed by atoms with Crippen LogP contribution < -0.4 is 10.1 Å². The van der Waals surface area contributed by atoms with Crippen LogP contribution in [-0.4, -0.2) is 40.3 Å². The number of aromatic carboxylic acids is 1. The maximum absolute atomic E-state index is 11.4. The summed E-state index contributed by atoms with van der Waals surface area (Å²) in [5.74, 6) is -2.27. The van der Waals surface area contributed by atoms with Gasteiger partial charge in [0.05, 0.1) is 11.1 Å². The van der Waals surface area contributed by atoms with Crippen molar-refractivity contribution in [3.05, 3.63) is 45.1 Å². The van der Waals surface area contributed by atoms with E-state index < -0.39 is 18.5 Å². The minimum Gasteiger partial charge on any atom is -0.479 e. The zero-order valence-electron chi connectivity index (χ0n) is 13.6. The Hall–Kier alpha value is -2.49. The van der Waals surface area contributed by atoms with E-state index in [1.807, 2.05) is 5.38 Å². The normalized spacial score (nSPS) is 10.9. The Morgan fingerprint density at radius 2 is 2.08 bits per heavy atom. The molecule has 3 aromatic heterocycles. The summed E-state index contributed by atoms with van der Waals surface area (Å²) in [6.45, 7) is 0.776. The molecule has 0 atom stereocenters. The van der Waals surface area contributed by atoms with Crippen molar-refractivity contribution in [2.75, 3.05) is 13.2 Å². The topological polar surface area (TPSA) is 109 Å². The van der Waals surface area contributed by atoms with E-state index in [9.17, 15) is 14.7 Å². The molecule has 26 heavy (non-hydrogen) atoms. The number of pyridine rings is 1. The summed E-state index contributed by atoms with van der Waals surface area (Å²) >= 11 is 2.65. The molecule has 0 unspecified atom stereocenters. The minimum atomic E-state index is -1.17. The number of nitrogens with one attached hydrogen (secondary N) is 1. The van der Waals surface area contributed by atoms with E-state index in [0.29, 0.717) is 16.8 Å². The van der Waals surface area contributed by atoms with Crippen LogP contribution in [0, 0.1) is 0 Å². The van der Waals surface area contributed by atoms with Crippen LogP contribution in [0.15, 0.2) is 29.0 Å². The highest BCUT2D eigenvalue weighted by atomic mass is 32.1. The fourth-order valence-corrected chi connectivity index (χ4v) is 4.07. The number of carboxylic acids is 2. The zero-order chi connectivity index (χ0) is 18.5.